The van der Waals surface area contributed by atoms with Gasteiger partial charge in [0.2, 0.25) is 0 Å². The Morgan fingerprint density at radius 3 is 2.35 bits per heavy atom. The zero-order valence-corrected chi connectivity index (χ0v) is 12.9. The molecule has 0 spiro atoms. The van der Waals surface area contributed by atoms with Gasteiger partial charge in [-0.15, -0.1) is 0 Å². The van der Waals surface area contributed by atoms with Crippen LogP contribution in [0, 0.1) is 25.2 Å². The Kier molecular flexibility index (Phi) is 4.67. The minimum Gasteiger partial charge on any atom is -0.496 e. The molecule has 0 radical (unpaired) electrons. The van der Waals surface area contributed by atoms with E-state index in [0.29, 0.717) is 0 Å². The molecule has 108 valence electrons. The summed E-state index contributed by atoms with van der Waals surface area (Å²) in [6.07, 6.45) is 2.41. The minimum atomic E-state index is -0.0616. The van der Waals surface area contributed by atoms with Gasteiger partial charge in [0, 0.05) is 5.92 Å². The summed E-state index contributed by atoms with van der Waals surface area (Å²) in [4.78, 5) is 2.30. The topological polar surface area (TPSA) is 36.3 Å². The Bertz CT molecular complexity index is 512. The van der Waals surface area contributed by atoms with Gasteiger partial charge in [0.1, 0.15) is 11.8 Å². The molecule has 1 heterocycles. The van der Waals surface area contributed by atoms with Crippen LogP contribution < -0.4 is 4.74 Å². The molecule has 0 aliphatic carbocycles. The van der Waals surface area contributed by atoms with E-state index in [9.17, 15) is 5.26 Å². The van der Waals surface area contributed by atoms with Crippen molar-refractivity contribution in [1.82, 2.24) is 4.90 Å². The highest BCUT2D eigenvalue weighted by molar-refractivity contribution is 5.44. The van der Waals surface area contributed by atoms with Gasteiger partial charge in [-0.1, -0.05) is 13.0 Å². The Labute approximate surface area is 122 Å². The number of nitrogens with zero attached hydrogens (tertiary/aromatic N) is 2. The normalized spacial score (nSPS) is 18.6. The third-order valence-electron chi connectivity index (χ3n) is 4.48. The molecule has 2 atom stereocenters. The van der Waals surface area contributed by atoms with Crippen molar-refractivity contribution in [2.45, 2.75) is 45.6 Å². The summed E-state index contributed by atoms with van der Waals surface area (Å²) in [5.41, 5.74) is 3.63. The van der Waals surface area contributed by atoms with Gasteiger partial charge in [0.15, 0.2) is 0 Å². The van der Waals surface area contributed by atoms with Crippen molar-refractivity contribution in [3.05, 3.63) is 28.8 Å². The predicted octanol–water partition coefficient (Wildman–Crippen LogP) is 3.40. The number of ether oxygens (including phenoxy) is 1. The van der Waals surface area contributed by atoms with Crippen LogP contribution in [0.5, 0.6) is 5.75 Å². The lowest BCUT2D eigenvalue weighted by Crippen LogP contribution is -2.35. The van der Waals surface area contributed by atoms with E-state index < -0.39 is 0 Å². The molecule has 20 heavy (non-hydrogen) atoms. The first-order valence-corrected chi connectivity index (χ1v) is 7.37. The summed E-state index contributed by atoms with van der Waals surface area (Å²) in [6, 6.07) is 6.70. The van der Waals surface area contributed by atoms with Gasteiger partial charge in [-0.25, -0.2) is 0 Å². The maximum atomic E-state index is 9.57. The van der Waals surface area contributed by atoms with Crippen molar-refractivity contribution < 1.29 is 4.74 Å². The molecule has 3 heteroatoms. The number of benzene rings is 1. The molecule has 2 rings (SSSR count). The maximum absolute atomic E-state index is 9.57. The number of aryl methyl sites for hydroxylation is 2. The fourth-order valence-electron chi connectivity index (χ4n) is 3.04. The molecule has 0 aromatic heterocycles. The fraction of sp³-hybridized carbons (Fsp3) is 0.588. The quantitative estimate of drug-likeness (QED) is 0.842. The number of hydrogen-bond acceptors (Lipinski definition) is 3. The first-order chi connectivity index (χ1) is 9.58. The van der Waals surface area contributed by atoms with Crippen LogP contribution in [0.1, 0.15) is 42.4 Å². The summed E-state index contributed by atoms with van der Waals surface area (Å²) in [7, 11) is 1.71. The van der Waals surface area contributed by atoms with E-state index in [4.69, 9.17) is 4.74 Å². The fourth-order valence-corrected chi connectivity index (χ4v) is 3.04. The molecule has 1 aliphatic heterocycles. The predicted molar refractivity (Wildman–Crippen MR) is 81.1 cm³/mol. The maximum Gasteiger partial charge on any atom is 0.122 e. The monoisotopic (exact) mass is 272 g/mol. The van der Waals surface area contributed by atoms with Gasteiger partial charge in [-0.2, -0.15) is 5.26 Å². The zero-order chi connectivity index (χ0) is 14.7. The number of methoxy groups -OCH3 is 1. The highest BCUT2D eigenvalue weighted by Gasteiger charge is 2.29. The Morgan fingerprint density at radius 1 is 1.20 bits per heavy atom. The molecule has 0 amide bonds. The van der Waals surface area contributed by atoms with Gasteiger partial charge in [0.05, 0.1) is 13.2 Å². The van der Waals surface area contributed by atoms with Crippen LogP contribution in [-0.4, -0.2) is 31.1 Å². The van der Waals surface area contributed by atoms with Crippen LogP contribution in [0.2, 0.25) is 0 Å². The van der Waals surface area contributed by atoms with E-state index in [2.05, 4.69) is 43.9 Å². The molecule has 1 aliphatic rings. The standard InChI is InChI=1S/C17H24N2O/c1-12-9-15(17(20-4)10-13(12)2)14(3)16(11-18)19-7-5-6-8-19/h9-10,14,16H,5-8H2,1-4H3. The van der Waals surface area contributed by atoms with Crippen molar-refractivity contribution in [2.24, 2.45) is 0 Å². The molecule has 1 fully saturated rings. The largest absolute Gasteiger partial charge is 0.496 e. The number of nitriles is 1. The molecule has 1 aromatic carbocycles. The molecule has 0 bridgehead atoms. The lowest BCUT2D eigenvalue weighted by molar-refractivity contribution is 0.260. The average Bonchev–Trinajstić information content (AvgIpc) is 2.96. The van der Waals surface area contributed by atoms with E-state index in [1.807, 2.05) is 0 Å². The second-order valence-corrected chi connectivity index (χ2v) is 5.78. The molecular formula is C17H24N2O. The van der Waals surface area contributed by atoms with Gasteiger partial charge < -0.3 is 4.74 Å². The second kappa shape index (κ2) is 6.28. The van der Waals surface area contributed by atoms with Gasteiger partial charge in [0.25, 0.3) is 0 Å². The highest BCUT2D eigenvalue weighted by atomic mass is 16.5. The van der Waals surface area contributed by atoms with E-state index in [-0.39, 0.29) is 12.0 Å². The summed E-state index contributed by atoms with van der Waals surface area (Å²) in [6.45, 7) is 8.42. The van der Waals surface area contributed by atoms with Crippen molar-refractivity contribution in [3.63, 3.8) is 0 Å². The van der Waals surface area contributed by atoms with E-state index in [1.165, 1.54) is 24.0 Å². The lowest BCUT2D eigenvalue weighted by Gasteiger charge is -2.28. The molecule has 0 saturated carbocycles. The third kappa shape index (κ3) is 2.81. The Balaban J connectivity index is 2.33. The van der Waals surface area contributed by atoms with Crippen molar-refractivity contribution in [3.8, 4) is 11.8 Å². The van der Waals surface area contributed by atoms with E-state index >= 15 is 0 Å². The average molecular weight is 272 g/mol. The highest BCUT2D eigenvalue weighted by Crippen LogP contribution is 2.34. The van der Waals surface area contributed by atoms with Crippen LogP contribution in [0.3, 0.4) is 0 Å². The second-order valence-electron chi connectivity index (χ2n) is 5.78. The smallest absolute Gasteiger partial charge is 0.122 e. The zero-order valence-electron chi connectivity index (χ0n) is 12.9. The van der Waals surface area contributed by atoms with Gasteiger partial charge >= 0.3 is 0 Å². The van der Waals surface area contributed by atoms with Gasteiger partial charge in [-0.05, 0) is 62.5 Å². The van der Waals surface area contributed by atoms with Crippen molar-refractivity contribution in [1.29, 1.82) is 5.26 Å². The van der Waals surface area contributed by atoms with Crippen LogP contribution in [-0.2, 0) is 0 Å². The molecule has 3 nitrogen and oxygen atoms in total. The molecule has 1 aromatic rings. The van der Waals surface area contributed by atoms with Crippen molar-refractivity contribution >= 4 is 0 Å². The Morgan fingerprint density at radius 2 is 1.80 bits per heavy atom. The molecule has 0 N–H and O–H groups in total. The summed E-state index contributed by atoms with van der Waals surface area (Å²) in [5, 5.41) is 9.57. The van der Waals surface area contributed by atoms with Gasteiger partial charge in [-0.3, -0.25) is 4.90 Å². The Hall–Kier alpha value is -1.53. The SMILES string of the molecule is COc1cc(C)c(C)cc1C(C)C(C#N)N1CCCC1. The van der Waals surface area contributed by atoms with E-state index in [1.54, 1.807) is 7.11 Å². The van der Waals surface area contributed by atoms with Crippen LogP contribution >= 0.6 is 0 Å². The molecule has 2 unspecified atom stereocenters. The lowest BCUT2D eigenvalue weighted by atomic mass is 9.90. The number of hydrogen-bond donors (Lipinski definition) is 0. The first kappa shape index (κ1) is 14.9. The minimum absolute atomic E-state index is 0.0616. The number of rotatable bonds is 4. The van der Waals surface area contributed by atoms with Crippen LogP contribution in [0.15, 0.2) is 12.1 Å². The van der Waals surface area contributed by atoms with E-state index in [0.717, 1.165) is 24.4 Å². The van der Waals surface area contributed by atoms with Crippen molar-refractivity contribution in [2.75, 3.05) is 20.2 Å². The number of likely N-dealkylation sites (tertiary alicyclic amines) is 1. The first-order valence-electron chi connectivity index (χ1n) is 7.37. The third-order valence-corrected chi connectivity index (χ3v) is 4.48. The van der Waals surface area contributed by atoms with Crippen LogP contribution in [0.4, 0.5) is 0 Å². The summed E-state index contributed by atoms with van der Waals surface area (Å²) < 4.78 is 5.53. The summed E-state index contributed by atoms with van der Waals surface area (Å²) >= 11 is 0. The molecule has 1 saturated heterocycles. The van der Waals surface area contributed by atoms with Crippen LogP contribution in [0.25, 0.3) is 0 Å². The molecular weight excluding hydrogens is 248 g/mol. The summed E-state index contributed by atoms with van der Waals surface area (Å²) in [5.74, 6) is 1.06.